The van der Waals surface area contributed by atoms with Crippen LogP contribution in [0.2, 0.25) is 0 Å². The zero-order valence-corrected chi connectivity index (χ0v) is 17.5. The normalized spacial score (nSPS) is 12.1. The maximum absolute atomic E-state index is 12.8. The first-order valence-corrected chi connectivity index (χ1v) is 10.8. The van der Waals surface area contributed by atoms with E-state index >= 15 is 0 Å². The highest BCUT2D eigenvalue weighted by molar-refractivity contribution is 7.90. The number of hydrogen-bond acceptors (Lipinski definition) is 9. The van der Waals surface area contributed by atoms with Crippen LogP contribution in [-0.2, 0) is 10.0 Å². The third kappa shape index (κ3) is 4.84. The van der Waals surface area contributed by atoms with Gasteiger partial charge in [-0.2, -0.15) is 9.97 Å². The van der Waals surface area contributed by atoms with Crippen LogP contribution in [0.1, 0.15) is 16.5 Å². The predicted octanol–water partition coefficient (Wildman–Crippen LogP) is 2.15. The molecule has 2 amide bonds. The first-order chi connectivity index (χ1) is 14.3. The molecule has 2 heterocycles. The second-order valence-electron chi connectivity index (χ2n) is 5.79. The van der Waals surface area contributed by atoms with E-state index in [1.165, 1.54) is 49.8 Å². The van der Waals surface area contributed by atoms with Crippen molar-refractivity contribution in [3.05, 3.63) is 58.3 Å². The smallest absolute Gasteiger partial charge is 0.335 e. The Morgan fingerprint density at radius 2 is 1.77 bits per heavy atom. The molecule has 0 aliphatic carbocycles. The molecule has 3 aromatic rings. The Morgan fingerprint density at radius 3 is 2.37 bits per heavy atom. The third-order valence-electron chi connectivity index (χ3n) is 3.87. The van der Waals surface area contributed by atoms with Gasteiger partial charge in [0, 0.05) is 10.4 Å². The van der Waals surface area contributed by atoms with Gasteiger partial charge in [-0.3, -0.25) is 5.32 Å². The molecule has 3 rings (SSSR count). The van der Waals surface area contributed by atoms with Gasteiger partial charge in [0.05, 0.1) is 25.2 Å². The zero-order chi connectivity index (χ0) is 21.7. The van der Waals surface area contributed by atoms with Crippen LogP contribution in [-0.4, -0.2) is 43.7 Å². The quantitative estimate of drug-likeness (QED) is 0.497. The van der Waals surface area contributed by atoms with Gasteiger partial charge in [0.1, 0.15) is 6.10 Å². The van der Waals surface area contributed by atoms with Gasteiger partial charge >= 0.3 is 6.03 Å². The molecule has 12 heteroatoms. The fourth-order valence-corrected chi connectivity index (χ4v) is 4.40. The highest BCUT2D eigenvalue weighted by Gasteiger charge is 2.25. The van der Waals surface area contributed by atoms with Crippen molar-refractivity contribution in [3.63, 3.8) is 0 Å². The van der Waals surface area contributed by atoms with Crippen molar-refractivity contribution in [2.24, 2.45) is 0 Å². The molecule has 0 aliphatic heterocycles. The maximum Gasteiger partial charge on any atom is 0.335 e. The molecule has 0 saturated heterocycles. The minimum atomic E-state index is -4.31. The van der Waals surface area contributed by atoms with Crippen molar-refractivity contribution >= 4 is 33.3 Å². The number of carbonyl (C=O) groups is 1. The van der Waals surface area contributed by atoms with Gasteiger partial charge < -0.3 is 14.6 Å². The predicted molar refractivity (Wildman–Crippen MR) is 109 cm³/mol. The fourth-order valence-electron chi connectivity index (χ4n) is 2.52. The number of nitrogens with zero attached hydrogens (tertiary/aromatic N) is 2. The van der Waals surface area contributed by atoms with E-state index in [4.69, 9.17) is 9.47 Å². The van der Waals surface area contributed by atoms with Gasteiger partial charge in [-0.15, -0.1) is 11.3 Å². The molecule has 0 aliphatic rings. The van der Waals surface area contributed by atoms with E-state index in [9.17, 15) is 18.3 Å². The highest BCUT2D eigenvalue weighted by Crippen LogP contribution is 2.30. The summed E-state index contributed by atoms with van der Waals surface area (Å²) in [6, 6.07) is 9.60. The molecule has 2 aromatic heterocycles. The number of nitrogens with one attached hydrogen (secondary N) is 2. The largest absolute Gasteiger partial charge is 0.481 e. The van der Waals surface area contributed by atoms with Gasteiger partial charge in [-0.05, 0) is 17.5 Å². The van der Waals surface area contributed by atoms with Crippen LogP contribution in [0.4, 0.5) is 10.7 Å². The number of amides is 2. The monoisotopic (exact) mass is 450 g/mol. The minimum absolute atomic E-state index is 0.115. The summed E-state index contributed by atoms with van der Waals surface area (Å²) in [4.78, 5) is 20.4. The number of benzene rings is 1. The molecule has 10 nitrogen and oxygen atoms in total. The molecule has 1 atom stereocenters. The SMILES string of the molecule is COc1cc(OC)nc(NC(=O)NS(=O)(=O)c2ccccc2C(O)c2cccs2)n1. The van der Waals surface area contributed by atoms with Gasteiger partial charge in [-0.25, -0.2) is 17.9 Å². The number of methoxy groups -OCH3 is 2. The van der Waals surface area contributed by atoms with E-state index in [1.54, 1.807) is 23.6 Å². The van der Waals surface area contributed by atoms with Gasteiger partial charge in [-0.1, -0.05) is 24.3 Å². The molecular weight excluding hydrogens is 432 g/mol. The highest BCUT2D eigenvalue weighted by atomic mass is 32.2. The first kappa shape index (κ1) is 21.5. The minimum Gasteiger partial charge on any atom is -0.481 e. The Morgan fingerprint density at radius 1 is 1.10 bits per heavy atom. The number of aliphatic hydroxyl groups excluding tert-OH is 1. The van der Waals surface area contributed by atoms with Gasteiger partial charge in [0.2, 0.25) is 17.7 Å². The van der Waals surface area contributed by atoms with E-state index in [2.05, 4.69) is 15.3 Å². The van der Waals surface area contributed by atoms with Crippen molar-refractivity contribution in [1.82, 2.24) is 14.7 Å². The van der Waals surface area contributed by atoms with E-state index in [0.717, 1.165) is 0 Å². The first-order valence-electron chi connectivity index (χ1n) is 8.45. The van der Waals surface area contributed by atoms with Gasteiger partial charge in [0.25, 0.3) is 10.0 Å². The topological polar surface area (TPSA) is 140 Å². The second kappa shape index (κ2) is 9.07. The van der Waals surface area contributed by atoms with E-state index < -0.39 is 22.2 Å². The van der Waals surface area contributed by atoms with Crippen molar-refractivity contribution in [1.29, 1.82) is 0 Å². The van der Waals surface area contributed by atoms with Crippen LogP contribution < -0.4 is 19.5 Å². The summed E-state index contributed by atoms with van der Waals surface area (Å²) < 4.78 is 37.5. The summed E-state index contributed by atoms with van der Waals surface area (Å²) in [6.07, 6.45) is -1.16. The van der Waals surface area contributed by atoms with Crippen molar-refractivity contribution in [2.45, 2.75) is 11.0 Å². The number of rotatable bonds is 7. The molecule has 0 radical (unpaired) electrons. The number of thiophene rings is 1. The van der Waals surface area contributed by atoms with E-state index in [0.29, 0.717) is 4.88 Å². The Balaban J connectivity index is 1.83. The molecule has 158 valence electrons. The molecular formula is C18H18N4O6S2. The Labute approximate surface area is 176 Å². The summed E-state index contributed by atoms with van der Waals surface area (Å²) in [5, 5.41) is 14.6. The molecule has 0 spiro atoms. The summed E-state index contributed by atoms with van der Waals surface area (Å²) in [7, 11) is -1.58. The van der Waals surface area contributed by atoms with Crippen LogP contribution in [0.3, 0.4) is 0 Å². The summed E-state index contributed by atoms with van der Waals surface area (Å²) >= 11 is 1.28. The third-order valence-corrected chi connectivity index (χ3v) is 6.20. The van der Waals surface area contributed by atoms with Crippen LogP contribution >= 0.6 is 11.3 Å². The van der Waals surface area contributed by atoms with Crippen molar-refractivity contribution in [2.75, 3.05) is 19.5 Å². The van der Waals surface area contributed by atoms with Crippen LogP contribution in [0.5, 0.6) is 11.8 Å². The molecule has 30 heavy (non-hydrogen) atoms. The molecule has 1 aromatic carbocycles. The van der Waals surface area contributed by atoms with Crippen molar-refractivity contribution < 1.29 is 27.8 Å². The van der Waals surface area contributed by atoms with E-state index in [-0.39, 0.29) is 28.2 Å². The summed E-state index contributed by atoms with van der Waals surface area (Å²) in [5.41, 5.74) is 0.138. The maximum atomic E-state index is 12.8. The molecule has 1 unspecified atom stereocenters. The number of anilines is 1. The van der Waals surface area contributed by atoms with Gasteiger partial charge in [0.15, 0.2) is 0 Å². The number of urea groups is 1. The molecule has 0 fully saturated rings. The fraction of sp³-hybridized carbons (Fsp3) is 0.167. The molecule has 3 N–H and O–H groups in total. The number of aliphatic hydroxyl groups is 1. The Hall–Kier alpha value is -3.22. The lowest BCUT2D eigenvalue weighted by Crippen LogP contribution is -2.35. The Kier molecular flexibility index (Phi) is 6.50. The Bertz CT molecular complexity index is 1110. The number of hydrogen-bond donors (Lipinski definition) is 3. The lowest BCUT2D eigenvalue weighted by Gasteiger charge is -2.15. The molecule has 0 bridgehead atoms. The number of carbonyl (C=O) groups excluding carboxylic acids is 1. The number of ether oxygens (including phenoxy) is 2. The lowest BCUT2D eigenvalue weighted by atomic mass is 10.1. The van der Waals surface area contributed by atoms with Crippen molar-refractivity contribution in [3.8, 4) is 11.8 Å². The summed E-state index contributed by atoms with van der Waals surface area (Å²) in [6.45, 7) is 0. The second-order valence-corrected chi connectivity index (χ2v) is 8.42. The van der Waals surface area contributed by atoms with Crippen LogP contribution in [0.15, 0.2) is 52.7 Å². The van der Waals surface area contributed by atoms with E-state index in [1.807, 2.05) is 4.72 Å². The summed E-state index contributed by atoms with van der Waals surface area (Å²) in [5.74, 6) is 0.0136. The molecule has 0 saturated carbocycles. The average molecular weight is 450 g/mol. The lowest BCUT2D eigenvalue weighted by molar-refractivity contribution is 0.221. The average Bonchev–Trinajstić information content (AvgIpc) is 3.27. The zero-order valence-electron chi connectivity index (χ0n) is 15.9. The van der Waals surface area contributed by atoms with Crippen LogP contribution in [0, 0.1) is 0 Å². The number of sulfonamides is 1. The van der Waals surface area contributed by atoms with Crippen LogP contribution in [0.25, 0.3) is 0 Å². The standard InChI is InChI=1S/C18H18N4O6S2/c1-27-14-10-15(28-2)20-17(19-14)21-18(24)22-30(25,26)13-8-4-3-6-11(13)16(23)12-7-5-9-29-12/h3-10,16,23H,1-2H3,(H2,19,20,21,22,24). The number of aromatic nitrogens is 2.